The van der Waals surface area contributed by atoms with Crippen molar-refractivity contribution in [2.75, 3.05) is 0 Å². The summed E-state index contributed by atoms with van der Waals surface area (Å²) in [5.74, 6) is -2.88. The molecular weight excluding hydrogens is 372 g/mol. The molecule has 3 rings (SSSR count). The average Bonchev–Trinajstić information content (AvgIpc) is 2.44. The second kappa shape index (κ2) is 5.73. The van der Waals surface area contributed by atoms with Crippen molar-refractivity contribution in [1.29, 1.82) is 0 Å². The smallest absolute Gasteiger partial charge is 0.402 e. The maximum atomic E-state index is 10.0. The van der Waals surface area contributed by atoms with E-state index >= 15 is 0 Å². The fraction of sp³-hybridized carbons (Fsp3) is 0. The zero-order valence-electron chi connectivity index (χ0n) is 11.4. The molecule has 0 spiro atoms. The van der Waals surface area contributed by atoms with E-state index in [1.807, 2.05) is 0 Å². The Bertz CT molecular complexity index is 885. The molecule has 0 aliphatic rings. The Balaban J connectivity index is 0.00000192. The maximum absolute atomic E-state index is 10.0. The number of benzene rings is 2. The average molecular weight is 383 g/mol. The van der Waals surface area contributed by atoms with E-state index in [9.17, 15) is 30.6 Å². The van der Waals surface area contributed by atoms with Crippen LogP contribution in [0.1, 0.15) is 0 Å². The first-order chi connectivity index (χ1) is 10.4. The molecule has 0 saturated heterocycles. The summed E-state index contributed by atoms with van der Waals surface area (Å²) in [4.78, 5) is 0. The lowest BCUT2D eigenvalue weighted by atomic mass is 10.1. The minimum Gasteiger partial charge on any atom is -1.00 e. The third-order valence-corrected chi connectivity index (χ3v) is 3.16. The van der Waals surface area contributed by atoms with Crippen LogP contribution >= 0.6 is 0 Å². The lowest BCUT2D eigenvalue weighted by molar-refractivity contribution is -0.0000105. The highest BCUT2D eigenvalue weighted by Crippen LogP contribution is 2.43. The first kappa shape index (κ1) is 16.5. The van der Waals surface area contributed by atoms with E-state index in [4.69, 9.17) is 4.42 Å². The number of rotatable bonds is 1. The summed E-state index contributed by atoms with van der Waals surface area (Å²) in [7, 11) is 0. The van der Waals surface area contributed by atoms with Gasteiger partial charge in [-0.2, -0.15) is 0 Å². The number of phenols is 5. The highest BCUT2D eigenvalue weighted by molar-refractivity contribution is 5.88. The Morgan fingerprint density at radius 3 is 1.87 bits per heavy atom. The molecule has 0 atom stereocenters. The van der Waals surface area contributed by atoms with Crippen LogP contribution in [0.25, 0.3) is 22.3 Å². The molecule has 0 bridgehead atoms. The zero-order chi connectivity index (χ0) is 16.0. The number of aromatic hydroxyl groups is 6. The standard InChI is InChI=1S/C15H10O7.BrH/c16-7-3-9(17)8-5-12(20)15(22-13(8)4-7)6-1-10(18)14(21)11(19)2-6;/h1-5H,(H5-,16,17,18,19,20,21);1H. The summed E-state index contributed by atoms with van der Waals surface area (Å²) in [6.45, 7) is 0. The topological polar surface area (TPSA) is 133 Å². The van der Waals surface area contributed by atoms with Gasteiger partial charge < -0.3 is 47.6 Å². The minimum absolute atomic E-state index is 0. The van der Waals surface area contributed by atoms with E-state index in [2.05, 4.69) is 0 Å². The molecule has 0 amide bonds. The van der Waals surface area contributed by atoms with Crippen LogP contribution in [-0.2, 0) is 0 Å². The molecule has 0 fully saturated rings. The molecule has 3 aromatic rings. The van der Waals surface area contributed by atoms with Crippen LogP contribution in [0.3, 0.4) is 0 Å². The number of phenolic OH excluding ortho intramolecular Hbond substituents is 5. The van der Waals surface area contributed by atoms with Gasteiger partial charge in [0.05, 0.1) is 11.6 Å². The Morgan fingerprint density at radius 2 is 1.26 bits per heavy atom. The fourth-order valence-corrected chi connectivity index (χ4v) is 2.13. The second-order valence-electron chi connectivity index (χ2n) is 4.70. The van der Waals surface area contributed by atoms with Gasteiger partial charge in [-0.15, -0.1) is 0 Å². The Kier molecular flexibility index (Phi) is 4.11. The first-order valence-electron chi connectivity index (χ1n) is 6.14. The van der Waals surface area contributed by atoms with E-state index < -0.39 is 17.2 Å². The molecule has 7 nitrogen and oxygen atoms in total. The van der Waals surface area contributed by atoms with Crippen LogP contribution in [0.2, 0.25) is 0 Å². The van der Waals surface area contributed by atoms with Crippen molar-refractivity contribution in [3.8, 4) is 45.8 Å². The summed E-state index contributed by atoms with van der Waals surface area (Å²) >= 11 is 0. The fourth-order valence-electron chi connectivity index (χ4n) is 2.13. The number of fused-ring (bicyclic) bond motifs is 1. The van der Waals surface area contributed by atoms with Crippen molar-refractivity contribution >= 4 is 11.0 Å². The van der Waals surface area contributed by atoms with Gasteiger partial charge in [0.1, 0.15) is 16.9 Å². The van der Waals surface area contributed by atoms with E-state index in [1.165, 1.54) is 12.1 Å². The monoisotopic (exact) mass is 382 g/mol. The summed E-state index contributed by atoms with van der Waals surface area (Å²) in [6, 6.07) is 5.71. The third-order valence-electron chi connectivity index (χ3n) is 3.16. The predicted molar refractivity (Wildman–Crippen MR) is 76.0 cm³/mol. The van der Waals surface area contributed by atoms with Crippen molar-refractivity contribution in [3.63, 3.8) is 0 Å². The van der Waals surface area contributed by atoms with Crippen molar-refractivity contribution < 1.29 is 52.0 Å². The molecular formula is C15H11BrO7. The maximum Gasteiger partial charge on any atom is 0.402 e. The molecule has 2 aromatic carbocycles. The molecule has 23 heavy (non-hydrogen) atoms. The quantitative estimate of drug-likeness (QED) is 0.249. The lowest BCUT2D eigenvalue weighted by Gasteiger charge is -2.03. The van der Waals surface area contributed by atoms with Gasteiger partial charge in [-0.05, 0) is 0 Å². The minimum atomic E-state index is -0.695. The predicted octanol–water partition coefficient (Wildman–Crippen LogP) is -0.381. The highest BCUT2D eigenvalue weighted by atomic mass is 79.9. The molecule has 0 radical (unpaired) electrons. The molecule has 6 N–H and O–H groups in total. The molecule has 0 aliphatic carbocycles. The molecule has 1 heterocycles. The van der Waals surface area contributed by atoms with E-state index in [0.717, 1.165) is 18.2 Å². The van der Waals surface area contributed by atoms with Crippen LogP contribution in [0, 0.1) is 0 Å². The molecule has 0 unspecified atom stereocenters. The number of halogens is 1. The first-order valence-corrected chi connectivity index (χ1v) is 6.14. The van der Waals surface area contributed by atoms with Gasteiger partial charge in [0.2, 0.25) is 5.75 Å². The van der Waals surface area contributed by atoms with E-state index in [1.54, 1.807) is 0 Å². The summed E-state index contributed by atoms with van der Waals surface area (Å²) < 4.78 is 5.42. The van der Waals surface area contributed by atoms with Gasteiger partial charge in [0.15, 0.2) is 17.2 Å². The summed E-state index contributed by atoms with van der Waals surface area (Å²) in [5, 5.41) is 57.8. The molecule has 120 valence electrons. The van der Waals surface area contributed by atoms with E-state index in [-0.39, 0.29) is 56.5 Å². The van der Waals surface area contributed by atoms with Gasteiger partial charge in [0.25, 0.3) is 0 Å². The molecule has 8 heteroatoms. The van der Waals surface area contributed by atoms with Crippen LogP contribution in [0.5, 0.6) is 34.5 Å². The van der Waals surface area contributed by atoms with Crippen molar-refractivity contribution in [2.45, 2.75) is 0 Å². The van der Waals surface area contributed by atoms with Crippen molar-refractivity contribution in [2.24, 2.45) is 0 Å². The van der Waals surface area contributed by atoms with Crippen LogP contribution in [0.15, 0.2) is 34.7 Å². The molecule has 0 saturated carbocycles. The Labute approximate surface area is 139 Å². The Morgan fingerprint density at radius 1 is 0.652 bits per heavy atom. The van der Waals surface area contributed by atoms with Crippen LogP contribution in [0.4, 0.5) is 0 Å². The number of hydrogen-bond donors (Lipinski definition) is 6. The largest absolute Gasteiger partial charge is 1.00 e. The lowest BCUT2D eigenvalue weighted by Crippen LogP contribution is -3.00. The summed E-state index contributed by atoms with van der Waals surface area (Å²) in [5.41, 5.74) is 0.174. The van der Waals surface area contributed by atoms with Crippen molar-refractivity contribution in [1.82, 2.24) is 0 Å². The molecule has 0 aliphatic heterocycles. The van der Waals surface area contributed by atoms with Gasteiger partial charge in [-0.1, -0.05) is 0 Å². The Hall–Kier alpha value is -2.87. The zero-order valence-corrected chi connectivity index (χ0v) is 12.9. The number of hydrogen-bond acceptors (Lipinski definition) is 6. The van der Waals surface area contributed by atoms with Gasteiger partial charge in [-0.3, -0.25) is 0 Å². The SMILES string of the molecule is Oc1cc(O)c2cc(O)c(-c3cc(O)c(O)c(O)c3)[o+]c2c1.[Br-]. The van der Waals surface area contributed by atoms with Gasteiger partial charge in [0, 0.05) is 24.3 Å². The normalized spacial score (nSPS) is 10.4. The van der Waals surface area contributed by atoms with Gasteiger partial charge >= 0.3 is 11.3 Å². The molecule has 1 aromatic heterocycles. The van der Waals surface area contributed by atoms with Crippen molar-refractivity contribution in [3.05, 3.63) is 30.3 Å². The second-order valence-corrected chi connectivity index (χ2v) is 4.70. The van der Waals surface area contributed by atoms with Crippen LogP contribution < -0.4 is 17.0 Å². The third kappa shape index (κ3) is 2.76. The van der Waals surface area contributed by atoms with Gasteiger partial charge in [-0.25, -0.2) is 4.42 Å². The van der Waals surface area contributed by atoms with Crippen LogP contribution in [-0.4, -0.2) is 30.6 Å². The summed E-state index contributed by atoms with van der Waals surface area (Å²) in [6.07, 6.45) is 0. The van der Waals surface area contributed by atoms with E-state index in [0.29, 0.717) is 0 Å². The highest BCUT2D eigenvalue weighted by Gasteiger charge is 2.25.